The number of rotatable bonds is 4. The van der Waals surface area contributed by atoms with E-state index in [2.05, 4.69) is 21.8 Å². The number of anilines is 1. The van der Waals surface area contributed by atoms with E-state index < -0.39 is 0 Å². The lowest BCUT2D eigenvalue weighted by Crippen LogP contribution is -2.26. The third kappa shape index (κ3) is 2.76. The van der Waals surface area contributed by atoms with Crippen molar-refractivity contribution in [1.82, 2.24) is 20.1 Å². The van der Waals surface area contributed by atoms with Crippen molar-refractivity contribution >= 4 is 11.4 Å². The molecule has 7 heteroatoms. The first-order valence-electron chi connectivity index (χ1n) is 8.42. The van der Waals surface area contributed by atoms with E-state index in [4.69, 9.17) is 15.6 Å². The summed E-state index contributed by atoms with van der Waals surface area (Å²) in [4.78, 5) is 6.80. The molecule has 2 aromatic heterocycles. The lowest BCUT2D eigenvalue weighted by molar-refractivity contribution is 0.179. The van der Waals surface area contributed by atoms with E-state index in [1.807, 2.05) is 36.3 Å². The summed E-state index contributed by atoms with van der Waals surface area (Å²) >= 11 is 0. The van der Waals surface area contributed by atoms with Crippen LogP contribution in [0.1, 0.15) is 17.7 Å². The average molecular weight is 338 g/mol. The Hall–Kier alpha value is -2.80. The molecule has 3 N–H and O–H groups in total. The molecule has 0 bridgehead atoms. The molecule has 25 heavy (non-hydrogen) atoms. The molecule has 0 aromatic carbocycles. The third-order valence-electron chi connectivity index (χ3n) is 4.64. The fourth-order valence-electron chi connectivity index (χ4n) is 3.30. The average Bonchev–Trinajstić information content (AvgIpc) is 3.27. The minimum Gasteiger partial charge on any atom is -0.474 e. The van der Waals surface area contributed by atoms with Crippen LogP contribution >= 0.6 is 0 Å². The van der Waals surface area contributed by atoms with E-state index in [1.165, 1.54) is 0 Å². The molecule has 0 aliphatic carbocycles. The zero-order valence-corrected chi connectivity index (χ0v) is 14.3. The van der Waals surface area contributed by atoms with Crippen molar-refractivity contribution in [3.8, 4) is 5.69 Å². The maximum atomic E-state index is 5.98. The first-order valence-corrected chi connectivity index (χ1v) is 8.42. The van der Waals surface area contributed by atoms with Gasteiger partial charge >= 0.3 is 0 Å². The van der Waals surface area contributed by atoms with Gasteiger partial charge in [-0.1, -0.05) is 12.7 Å². The van der Waals surface area contributed by atoms with Crippen LogP contribution in [0.4, 0.5) is 5.82 Å². The van der Waals surface area contributed by atoms with Gasteiger partial charge in [-0.05, 0) is 18.6 Å². The van der Waals surface area contributed by atoms with Crippen LogP contribution in [0.25, 0.3) is 11.3 Å². The molecule has 1 saturated heterocycles. The number of fused-ring (bicyclic) bond motifs is 1. The van der Waals surface area contributed by atoms with Crippen LogP contribution in [0.15, 0.2) is 43.1 Å². The number of nitrogens with one attached hydrogen (secondary N) is 1. The van der Waals surface area contributed by atoms with Crippen LogP contribution < -0.4 is 16.0 Å². The van der Waals surface area contributed by atoms with Crippen LogP contribution in [0.5, 0.6) is 0 Å². The van der Waals surface area contributed by atoms with Crippen LogP contribution in [-0.2, 0) is 11.3 Å². The molecule has 0 spiro atoms. The molecule has 130 valence electrons. The Kier molecular flexibility index (Phi) is 3.93. The van der Waals surface area contributed by atoms with Crippen molar-refractivity contribution in [3.63, 3.8) is 0 Å². The van der Waals surface area contributed by atoms with Gasteiger partial charge in [0.05, 0.1) is 17.5 Å². The number of pyridine rings is 1. The van der Waals surface area contributed by atoms with Gasteiger partial charge in [0.15, 0.2) is 5.88 Å². The number of hydrogen-bond donors (Lipinski definition) is 2. The quantitative estimate of drug-likeness (QED) is 0.877. The molecular weight excluding hydrogens is 316 g/mol. The first-order chi connectivity index (χ1) is 12.2. The van der Waals surface area contributed by atoms with Crippen molar-refractivity contribution < 1.29 is 4.74 Å². The highest BCUT2D eigenvalue weighted by Gasteiger charge is 2.23. The summed E-state index contributed by atoms with van der Waals surface area (Å²) < 4.78 is 7.55. The Morgan fingerprint density at radius 2 is 2.32 bits per heavy atom. The van der Waals surface area contributed by atoms with Gasteiger partial charge in [0.1, 0.15) is 18.1 Å². The standard InChI is InChI=1S/C18H22N6O/c1-3-15-17-12(11-25-18(15)20-2)9-24(22-17)14-4-5-16(21-8-14)23-7-6-13(19)10-23/h3-5,8-9,13,20H,1,6-7,10-11,19H2,2H3. The molecule has 4 rings (SSSR count). The number of allylic oxidation sites excluding steroid dienone is 2. The Morgan fingerprint density at radius 1 is 1.44 bits per heavy atom. The molecule has 1 atom stereocenters. The van der Waals surface area contributed by atoms with Crippen molar-refractivity contribution in [3.05, 3.63) is 54.3 Å². The molecule has 2 aliphatic heterocycles. The Balaban J connectivity index is 1.62. The smallest absolute Gasteiger partial charge is 0.196 e. The highest BCUT2D eigenvalue weighted by atomic mass is 16.5. The van der Waals surface area contributed by atoms with Crippen LogP contribution in [-0.4, -0.2) is 40.9 Å². The van der Waals surface area contributed by atoms with Gasteiger partial charge < -0.3 is 20.7 Å². The molecule has 7 nitrogen and oxygen atoms in total. The molecule has 0 radical (unpaired) electrons. The van der Waals surface area contributed by atoms with Crippen LogP contribution in [0, 0.1) is 0 Å². The van der Waals surface area contributed by atoms with Gasteiger partial charge in [0.25, 0.3) is 0 Å². The molecule has 1 fully saturated rings. The lowest BCUT2D eigenvalue weighted by atomic mass is 10.1. The van der Waals surface area contributed by atoms with E-state index >= 15 is 0 Å². The fraction of sp³-hybridized carbons (Fsp3) is 0.333. The molecule has 0 saturated carbocycles. The van der Waals surface area contributed by atoms with E-state index in [0.717, 1.165) is 47.8 Å². The van der Waals surface area contributed by atoms with Crippen LogP contribution in [0.2, 0.25) is 0 Å². The number of ether oxygens (including phenoxy) is 1. The molecule has 1 unspecified atom stereocenters. The second-order valence-corrected chi connectivity index (χ2v) is 6.30. The summed E-state index contributed by atoms with van der Waals surface area (Å²) in [5, 5.41) is 7.75. The van der Waals surface area contributed by atoms with Gasteiger partial charge in [0, 0.05) is 37.9 Å². The van der Waals surface area contributed by atoms with Gasteiger partial charge in [0.2, 0.25) is 0 Å². The minimum atomic E-state index is 0.241. The summed E-state index contributed by atoms with van der Waals surface area (Å²) in [6, 6.07) is 4.29. The van der Waals surface area contributed by atoms with Gasteiger partial charge in [-0.2, -0.15) is 5.10 Å². The second kappa shape index (κ2) is 6.25. The second-order valence-electron chi connectivity index (χ2n) is 6.30. The molecule has 4 heterocycles. The van der Waals surface area contributed by atoms with Gasteiger partial charge in [-0.15, -0.1) is 0 Å². The largest absolute Gasteiger partial charge is 0.474 e. The zero-order chi connectivity index (χ0) is 17.4. The first kappa shape index (κ1) is 15.7. The predicted octanol–water partition coefficient (Wildman–Crippen LogP) is 1.41. The number of aromatic nitrogens is 3. The van der Waals surface area contributed by atoms with Crippen molar-refractivity contribution in [2.24, 2.45) is 5.73 Å². The summed E-state index contributed by atoms with van der Waals surface area (Å²) in [6.07, 6.45) is 6.60. The zero-order valence-electron chi connectivity index (χ0n) is 14.3. The molecule has 2 aromatic rings. The van der Waals surface area contributed by atoms with Crippen LogP contribution in [0.3, 0.4) is 0 Å². The summed E-state index contributed by atoms with van der Waals surface area (Å²) in [6.45, 7) is 6.18. The summed E-state index contributed by atoms with van der Waals surface area (Å²) in [5.41, 5.74) is 9.68. The lowest BCUT2D eigenvalue weighted by Gasteiger charge is -2.17. The van der Waals surface area contributed by atoms with E-state index in [0.29, 0.717) is 12.5 Å². The third-order valence-corrected chi connectivity index (χ3v) is 4.64. The van der Waals surface area contributed by atoms with E-state index in [1.54, 1.807) is 6.08 Å². The SMILES string of the molecule is C=CC1=C(NC)OCc2cn(-c3ccc(N4CCC(N)C4)nc3)nc21. The monoisotopic (exact) mass is 338 g/mol. The number of nitrogens with zero attached hydrogens (tertiary/aromatic N) is 4. The van der Waals surface area contributed by atoms with Gasteiger partial charge in [-0.25, -0.2) is 9.67 Å². The van der Waals surface area contributed by atoms with Crippen molar-refractivity contribution in [2.45, 2.75) is 19.1 Å². The van der Waals surface area contributed by atoms with E-state index in [9.17, 15) is 0 Å². The molecular formula is C18H22N6O. The maximum absolute atomic E-state index is 5.98. The normalized spacial score (nSPS) is 19.6. The van der Waals surface area contributed by atoms with Crippen molar-refractivity contribution in [2.75, 3.05) is 25.0 Å². The van der Waals surface area contributed by atoms with Gasteiger partial charge in [-0.3, -0.25) is 0 Å². The Morgan fingerprint density at radius 3 is 2.96 bits per heavy atom. The molecule has 2 aliphatic rings. The van der Waals surface area contributed by atoms with Crippen molar-refractivity contribution in [1.29, 1.82) is 0 Å². The highest BCUT2D eigenvalue weighted by molar-refractivity contribution is 5.75. The highest BCUT2D eigenvalue weighted by Crippen LogP contribution is 2.29. The predicted molar refractivity (Wildman–Crippen MR) is 97.1 cm³/mol. The Labute approximate surface area is 146 Å². The molecule has 0 amide bonds. The minimum absolute atomic E-state index is 0.241. The number of nitrogens with two attached hydrogens (primary N) is 1. The number of hydrogen-bond acceptors (Lipinski definition) is 6. The topological polar surface area (TPSA) is 81.2 Å². The fourth-order valence-corrected chi connectivity index (χ4v) is 3.30. The van der Waals surface area contributed by atoms with E-state index in [-0.39, 0.29) is 6.04 Å². The summed E-state index contributed by atoms with van der Waals surface area (Å²) in [5.74, 6) is 1.66. The summed E-state index contributed by atoms with van der Waals surface area (Å²) in [7, 11) is 1.83. The Bertz CT molecular complexity index is 823. The maximum Gasteiger partial charge on any atom is 0.196 e.